The van der Waals surface area contributed by atoms with Gasteiger partial charge in [-0.05, 0) is 29.8 Å². The van der Waals surface area contributed by atoms with E-state index in [-0.39, 0.29) is 18.2 Å². The van der Waals surface area contributed by atoms with Crippen molar-refractivity contribution >= 4 is 17.8 Å². The Morgan fingerprint density at radius 1 is 1.23 bits per heavy atom. The Morgan fingerprint density at radius 3 is 2.67 bits per heavy atom. The molecule has 0 aliphatic carbocycles. The minimum Gasteiger partial charge on any atom is -0.493 e. The normalized spacial score (nSPS) is 10.9. The van der Waals surface area contributed by atoms with E-state index in [2.05, 4.69) is 9.97 Å². The van der Waals surface area contributed by atoms with Crippen LogP contribution in [0.4, 0.5) is 10.1 Å². The van der Waals surface area contributed by atoms with Crippen molar-refractivity contribution in [2.45, 2.75) is 6.61 Å². The summed E-state index contributed by atoms with van der Waals surface area (Å²) in [5, 5.41) is 20.3. The van der Waals surface area contributed by atoms with E-state index in [0.29, 0.717) is 22.6 Å². The van der Waals surface area contributed by atoms with Gasteiger partial charge in [-0.1, -0.05) is 30.3 Å². The Labute approximate surface area is 169 Å². The highest BCUT2D eigenvalue weighted by molar-refractivity contribution is 5.68. The molecular formula is C20H16FN3O6. The summed E-state index contributed by atoms with van der Waals surface area (Å²) in [7, 11) is 1.45. The lowest BCUT2D eigenvalue weighted by atomic mass is 10.2. The topological polar surface area (TPSA) is 128 Å². The van der Waals surface area contributed by atoms with Crippen molar-refractivity contribution in [2.24, 2.45) is 0 Å². The molecule has 0 bridgehead atoms. The van der Waals surface area contributed by atoms with E-state index in [4.69, 9.17) is 9.47 Å². The van der Waals surface area contributed by atoms with Crippen LogP contribution in [-0.2, 0) is 6.61 Å². The molecule has 3 rings (SSSR count). The average Bonchev–Trinajstić information content (AvgIpc) is 2.71. The van der Waals surface area contributed by atoms with Crippen molar-refractivity contribution in [3.05, 3.63) is 85.7 Å². The predicted octanol–water partition coefficient (Wildman–Crippen LogP) is 3.28. The number of halogens is 1. The lowest BCUT2D eigenvalue weighted by Crippen LogP contribution is -2.14. The Morgan fingerprint density at radius 2 is 2.00 bits per heavy atom. The number of nitrogens with one attached hydrogen (secondary N) is 1. The van der Waals surface area contributed by atoms with Crippen LogP contribution in [0.15, 0.2) is 47.3 Å². The van der Waals surface area contributed by atoms with Crippen LogP contribution in [0.1, 0.15) is 17.0 Å². The number of aromatic hydroxyl groups is 1. The molecule has 0 fully saturated rings. The monoisotopic (exact) mass is 413 g/mol. The summed E-state index contributed by atoms with van der Waals surface area (Å²) in [6.45, 7) is 0.0193. The van der Waals surface area contributed by atoms with E-state index in [1.54, 1.807) is 42.5 Å². The van der Waals surface area contributed by atoms with E-state index >= 15 is 0 Å². The molecule has 9 nitrogen and oxygen atoms in total. The van der Waals surface area contributed by atoms with Gasteiger partial charge in [0.05, 0.1) is 12.0 Å². The zero-order valence-corrected chi connectivity index (χ0v) is 15.7. The van der Waals surface area contributed by atoms with Crippen molar-refractivity contribution in [3.63, 3.8) is 0 Å². The summed E-state index contributed by atoms with van der Waals surface area (Å²) in [5.74, 6) is -0.623. The van der Waals surface area contributed by atoms with Gasteiger partial charge in [-0.15, -0.1) is 0 Å². The molecule has 0 atom stereocenters. The summed E-state index contributed by atoms with van der Waals surface area (Å²) >= 11 is 0. The molecule has 3 aromatic rings. The predicted molar refractivity (Wildman–Crippen MR) is 106 cm³/mol. The maximum atomic E-state index is 13.7. The third-order valence-corrected chi connectivity index (χ3v) is 4.04. The Balaban J connectivity index is 1.79. The number of nitro groups is 1. The van der Waals surface area contributed by atoms with Gasteiger partial charge in [-0.25, -0.2) is 4.39 Å². The Hall–Kier alpha value is -4.21. The molecule has 154 valence electrons. The molecule has 0 saturated carbocycles. The fraction of sp³-hybridized carbons (Fsp3) is 0.100. The van der Waals surface area contributed by atoms with E-state index in [1.807, 2.05) is 0 Å². The lowest BCUT2D eigenvalue weighted by molar-refractivity contribution is -0.387. The quantitative estimate of drug-likeness (QED) is 0.449. The smallest absolute Gasteiger partial charge is 0.395 e. The molecule has 0 saturated heterocycles. The molecule has 2 N–H and O–H groups in total. The first-order chi connectivity index (χ1) is 14.4. The number of rotatable bonds is 7. The van der Waals surface area contributed by atoms with Crippen LogP contribution in [0.5, 0.6) is 17.4 Å². The number of hydrogen-bond acceptors (Lipinski definition) is 7. The number of ether oxygens (including phenoxy) is 2. The highest BCUT2D eigenvalue weighted by Crippen LogP contribution is 2.30. The minimum atomic E-state index is -1.07. The average molecular weight is 413 g/mol. The van der Waals surface area contributed by atoms with Gasteiger partial charge in [0.1, 0.15) is 18.2 Å². The van der Waals surface area contributed by atoms with Crippen LogP contribution in [0.25, 0.3) is 12.2 Å². The van der Waals surface area contributed by atoms with Crippen LogP contribution in [0.2, 0.25) is 0 Å². The largest absolute Gasteiger partial charge is 0.493 e. The first-order valence-electron chi connectivity index (χ1n) is 8.59. The number of benzene rings is 2. The maximum absolute atomic E-state index is 13.7. The standard InChI is InChI=1S/C20H16FN3O6/c1-29-16-10-12(6-8-15(16)30-11-13-4-2-3-5-14(13)21)7-9-17-22-19(25)18(24(27)28)20(26)23-17/h2-10H,11H2,1H3,(H2,22,23,25,26). The van der Waals surface area contributed by atoms with E-state index in [0.717, 1.165) is 0 Å². The van der Waals surface area contributed by atoms with E-state index in [1.165, 1.54) is 19.3 Å². The summed E-state index contributed by atoms with van der Waals surface area (Å²) in [6.07, 6.45) is 2.91. The molecular weight excluding hydrogens is 397 g/mol. The fourth-order valence-electron chi connectivity index (χ4n) is 2.57. The summed E-state index contributed by atoms with van der Waals surface area (Å²) in [5.41, 5.74) is -1.06. The van der Waals surface area contributed by atoms with Gasteiger partial charge in [0.15, 0.2) is 11.5 Å². The van der Waals surface area contributed by atoms with Gasteiger partial charge >= 0.3 is 11.2 Å². The molecule has 1 heterocycles. The van der Waals surface area contributed by atoms with Gasteiger partial charge in [-0.2, -0.15) is 4.98 Å². The van der Waals surface area contributed by atoms with E-state index < -0.39 is 22.0 Å². The Kier molecular flexibility index (Phi) is 6.06. The summed E-state index contributed by atoms with van der Waals surface area (Å²) in [6, 6.07) is 11.2. The molecule has 0 amide bonds. The third kappa shape index (κ3) is 4.61. The van der Waals surface area contributed by atoms with Crippen molar-refractivity contribution in [2.75, 3.05) is 7.11 Å². The second kappa shape index (κ2) is 8.86. The second-order valence-corrected chi connectivity index (χ2v) is 6.00. The molecule has 0 radical (unpaired) electrons. The van der Waals surface area contributed by atoms with Gasteiger partial charge in [-0.3, -0.25) is 14.9 Å². The minimum absolute atomic E-state index is 0.0193. The van der Waals surface area contributed by atoms with E-state index in [9.17, 15) is 24.4 Å². The van der Waals surface area contributed by atoms with Crippen LogP contribution in [-0.4, -0.2) is 27.1 Å². The van der Waals surface area contributed by atoms with Crippen LogP contribution in [0, 0.1) is 15.9 Å². The molecule has 0 aliphatic rings. The summed E-state index contributed by atoms with van der Waals surface area (Å²) < 4.78 is 24.6. The van der Waals surface area contributed by atoms with Crippen LogP contribution in [0.3, 0.4) is 0 Å². The van der Waals surface area contributed by atoms with Gasteiger partial charge in [0, 0.05) is 5.56 Å². The third-order valence-electron chi connectivity index (χ3n) is 4.04. The van der Waals surface area contributed by atoms with Gasteiger partial charge < -0.3 is 19.6 Å². The number of methoxy groups -OCH3 is 1. The number of nitrogens with zero attached hydrogens (tertiary/aromatic N) is 2. The highest BCUT2D eigenvalue weighted by Gasteiger charge is 2.21. The first kappa shape index (κ1) is 20.5. The highest BCUT2D eigenvalue weighted by atomic mass is 19.1. The number of aromatic nitrogens is 2. The number of aromatic amines is 1. The first-order valence-corrected chi connectivity index (χ1v) is 8.59. The summed E-state index contributed by atoms with van der Waals surface area (Å²) in [4.78, 5) is 27.2. The van der Waals surface area contributed by atoms with Crippen molar-refractivity contribution < 1.29 is 23.9 Å². The van der Waals surface area contributed by atoms with Crippen LogP contribution < -0.4 is 15.0 Å². The molecule has 10 heteroatoms. The fourth-order valence-corrected chi connectivity index (χ4v) is 2.57. The van der Waals surface area contributed by atoms with Crippen LogP contribution >= 0.6 is 0 Å². The molecule has 0 spiro atoms. The molecule has 0 aliphatic heterocycles. The zero-order chi connectivity index (χ0) is 21.7. The molecule has 30 heavy (non-hydrogen) atoms. The van der Waals surface area contributed by atoms with Crippen molar-refractivity contribution in [3.8, 4) is 17.4 Å². The Bertz CT molecular complexity index is 1180. The second-order valence-electron chi connectivity index (χ2n) is 6.00. The molecule has 1 aromatic heterocycles. The number of hydrogen-bond donors (Lipinski definition) is 2. The number of H-pyrrole nitrogens is 1. The van der Waals surface area contributed by atoms with Gasteiger partial charge in [0.25, 0.3) is 5.88 Å². The maximum Gasteiger partial charge on any atom is 0.395 e. The lowest BCUT2D eigenvalue weighted by Gasteiger charge is -2.12. The van der Waals surface area contributed by atoms with Crippen molar-refractivity contribution in [1.82, 2.24) is 9.97 Å². The zero-order valence-electron chi connectivity index (χ0n) is 15.7. The van der Waals surface area contributed by atoms with Crippen molar-refractivity contribution in [1.29, 1.82) is 0 Å². The SMILES string of the molecule is COc1cc(C=Cc2nc(O)c([N+](=O)[O-])c(=O)[nH]2)ccc1OCc1ccccc1F. The van der Waals surface area contributed by atoms with Gasteiger partial charge in [0.2, 0.25) is 0 Å². The molecule has 2 aromatic carbocycles. The molecule has 0 unspecified atom stereocenters.